The lowest BCUT2D eigenvalue weighted by atomic mass is 10.2. The zero-order chi connectivity index (χ0) is 10.8. The third kappa shape index (κ3) is 1.72. The molecule has 0 aliphatic rings. The molecule has 1 atom stereocenters. The van der Waals surface area contributed by atoms with Crippen LogP contribution in [0.15, 0.2) is 18.3 Å². The van der Waals surface area contributed by atoms with E-state index in [1.54, 1.807) is 0 Å². The summed E-state index contributed by atoms with van der Waals surface area (Å²) < 4.78 is 2.04. The molecule has 2 aromatic heterocycles. The highest BCUT2D eigenvalue weighted by Gasteiger charge is 2.13. The first kappa shape index (κ1) is 10.1. The number of rotatable bonds is 3. The first-order chi connectivity index (χ1) is 7.26. The van der Waals surface area contributed by atoms with Gasteiger partial charge in [-0.05, 0) is 38.1 Å². The molecule has 2 rings (SSSR count). The highest BCUT2D eigenvalue weighted by atomic mass is 15.3. The van der Waals surface area contributed by atoms with Gasteiger partial charge < -0.3 is 5.32 Å². The highest BCUT2D eigenvalue weighted by molar-refractivity contribution is 5.41. The first-order valence-electron chi connectivity index (χ1n) is 5.24. The minimum Gasteiger partial charge on any atom is -0.310 e. The molecule has 2 aromatic rings. The number of aromatic nitrogens is 3. The summed E-state index contributed by atoms with van der Waals surface area (Å²) in [7, 11) is 1.95. The fourth-order valence-corrected chi connectivity index (χ4v) is 1.76. The van der Waals surface area contributed by atoms with E-state index < -0.39 is 0 Å². The summed E-state index contributed by atoms with van der Waals surface area (Å²) in [5.74, 6) is 0.981. The minimum absolute atomic E-state index is 0.266. The minimum atomic E-state index is 0.266. The number of nitrogens with zero attached hydrogens (tertiary/aromatic N) is 3. The molecule has 1 N–H and O–H groups in total. The SMILES string of the molecule is CCC(NC)c1nnc2cc(C)ccn12. The molecule has 4 heteroatoms. The van der Waals surface area contributed by atoms with E-state index in [1.165, 1.54) is 5.56 Å². The molecular weight excluding hydrogens is 188 g/mol. The van der Waals surface area contributed by atoms with Crippen LogP contribution in [-0.2, 0) is 0 Å². The van der Waals surface area contributed by atoms with Crippen LogP contribution in [0.25, 0.3) is 5.65 Å². The van der Waals surface area contributed by atoms with E-state index in [0.717, 1.165) is 17.9 Å². The number of fused-ring (bicyclic) bond motifs is 1. The third-order valence-corrected chi connectivity index (χ3v) is 2.66. The maximum atomic E-state index is 4.23. The lowest BCUT2D eigenvalue weighted by Crippen LogP contribution is -2.18. The summed E-state index contributed by atoms with van der Waals surface area (Å²) in [6, 6.07) is 4.38. The quantitative estimate of drug-likeness (QED) is 0.827. The second kappa shape index (κ2) is 3.98. The maximum absolute atomic E-state index is 4.23. The summed E-state index contributed by atoms with van der Waals surface area (Å²) in [6.07, 6.45) is 3.03. The monoisotopic (exact) mass is 204 g/mol. The molecular formula is C11H16N4. The van der Waals surface area contributed by atoms with Crippen LogP contribution in [0.3, 0.4) is 0 Å². The summed E-state index contributed by atoms with van der Waals surface area (Å²) in [6.45, 7) is 4.19. The Labute approximate surface area is 89.3 Å². The molecule has 0 bridgehead atoms. The molecule has 0 amide bonds. The molecule has 0 saturated carbocycles. The normalized spacial score (nSPS) is 13.3. The van der Waals surface area contributed by atoms with E-state index >= 15 is 0 Å². The molecule has 0 spiro atoms. The zero-order valence-electron chi connectivity index (χ0n) is 9.36. The molecule has 0 radical (unpaired) electrons. The van der Waals surface area contributed by atoms with Crippen molar-refractivity contribution in [3.63, 3.8) is 0 Å². The number of aryl methyl sites for hydroxylation is 1. The summed E-state index contributed by atoms with van der Waals surface area (Å²) in [4.78, 5) is 0. The Bertz CT molecular complexity index is 457. The van der Waals surface area contributed by atoms with Gasteiger partial charge in [0, 0.05) is 6.20 Å². The number of hydrogen-bond donors (Lipinski definition) is 1. The van der Waals surface area contributed by atoms with Gasteiger partial charge in [-0.15, -0.1) is 10.2 Å². The Hall–Kier alpha value is -1.42. The van der Waals surface area contributed by atoms with Crippen LogP contribution < -0.4 is 5.32 Å². The van der Waals surface area contributed by atoms with Gasteiger partial charge in [-0.2, -0.15) is 0 Å². The second-order valence-electron chi connectivity index (χ2n) is 3.74. The van der Waals surface area contributed by atoms with Gasteiger partial charge in [-0.3, -0.25) is 4.40 Å². The van der Waals surface area contributed by atoms with E-state index in [2.05, 4.69) is 35.4 Å². The highest BCUT2D eigenvalue weighted by Crippen LogP contribution is 2.15. The van der Waals surface area contributed by atoms with Crippen molar-refractivity contribution in [2.45, 2.75) is 26.3 Å². The van der Waals surface area contributed by atoms with E-state index in [4.69, 9.17) is 0 Å². The number of hydrogen-bond acceptors (Lipinski definition) is 3. The number of nitrogens with one attached hydrogen (secondary N) is 1. The van der Waals surface area contributed by atoms with E-state index in [1.807, 2.05) is 23.7 Å². The smallest absolute Gasteiger partial charge is 0.161 e. The van der Waals surface area contributed by atoms with Crippen LogP contribution in [0.1, 0.15) is 30.8 Å². The molecule has 0 aliphatic carbocycles. The first-order valence-corrected chi connectivity index (χ1v) is 5.24. The van der Waals surface area contributed by atoms with Gasteiger partial charge in [0.1, 0.15) is 0 Å². The average molecular weight is 204 g/mol. The Morgan fingerprint density at radius 3 is 2.93 bits per heavy atom. The summed E-state index contributed by atoms with van der Waals surface area (Å²) in [5.41, 5.74) is 2.12. The molecule has 80 valence electrons. The van der Waals surface area contributed by atoms with Crippen LogP contribution in [0, 0.1) is 6.92 Å². The fraction of sp³-hybridized carbons (Fsp3) is 0.455. The second-order valence-corrected chi connectivity index (χ2v) is 3.74. The molecule has 1 unspecified atom stereocenters. The number of pyridine rings is 1. The van der Waals surface area contributed by atoms with Gasteiger partial charge in [0.05, 0.1) is 6.04 Å². The molecule has 15 heavy (non-hydrogen) atoms. The van der Waals surface area contributed by atoms with Gasteiger partial charge in [0.2, 0.25) is 0 Å². The van der Waals surface area contributed by atoms with E-state index in [0.29, 0.717) is 0 Å². The van der Waals surface area contributed by atoms with Crippen molar-refractivity contribution in [3.05, 3.63) is 29.7 Å². The predicted molar refractivity (Wildman–Crippen MR) is 59.8 cm³/mol. The predicted octanol–water partition coefficient (Wildman–Crippen LogP) is 1.71. The molecule has 4 nitrogen and oxygen atoms in total. The molecule has 0 aliphatic heterocycles. The maximum Gasteiger partial charge on any atom is 0.161 e. The summed E-state index contributed by atoms with van der Waals surface area (Å²) >= 11 is 0. The molecule has 0 saturated heterocycles. The van der Waals surface area contributed by atoms with Gasteiger partial charge in [-0.25, -0.2) is 0 Å². The standard InChI is InChI=1S/C11H16N4/c1-4-9(12-3)11-14-13-10-7-8(2)5-6-15(10)11/h5-7,9,12H,4H2,1-3H3. The summed E-state index contributed by atoms with van der Waals surface area (Å²) in [5, 5.41) is 11.6. The van der Waals surface area contributed by atoms with Gasteiger partial charge >= 0.3 is 0 Å². The Balaban J connectivity index is 2.53. The molecule has 2 heterocycles. The van der Waals surface area contributed by atoms with Crippen molar-refractivity contribution < 1.29 is 0 Å². The molecule has 0 fully saturated rings. The largest absolute Gasteiger partial charge is 0.310 e. The van der Waals surface area contributed by atoms with E-state index in [9.17, 15) is 0 Å². The molecule has 0 aromatic carbocycles. The van der Waals surface area contributed by atoms with Crippen molar-refractivity contribution in [1.82, 2.24) is 19.9 Å². The van der Waals surface area contributed by atoms with Gasteiger partial charge in [-0.1, -0.05) is 6.92 Å². The topological polar surface area (TPSA) is 42.2 Å². The van der Waals surface area contributed by atoms with Crippen LogP contribution in [-0.4, -0.2) is 21.6 Å². The average Bonchev–Trinajstić information content (AvgIpc) is 2.63. The van der Waals surface area contributed by atoms with Crippen molar-refractivity contribution in [2.75, 3.05) is 7.05 Å². The van der Waals surface area contributed by atoms with Crippen LogP contribution in [0.4, 0.5) is 0 Å². The lowest BCUT2D eigenvalue weighted by Gasteiger charge is -2.11. The van der Waals surface area contributed by atoms with Crippen LogP contribution in [0.5, 0.6) is 0 Å². The van der Waals surface area contributed by atoms with Crippen LogP contribution in [0.2, 0.25) is 0 Å². The Morgan fingerprint density at radius 1 is 1.47 bits per heavy atom. The Kier molecular flexibility index (Phi) is 2.68. The van der Waals surface area contributed by atoms with Crippen LogP contribution >= 0.6 is 0 Å². The zero-order valence-corrected chi connectivity index (χ0v) is 9.36. The Morgan fingerprint density at radius 2 is 2.27 bits per heavy atom. The third-order valence-electron chi connectivity index (χ3n) is 2.66. The van der Waals surface area contributed by atoms with Crippen molar-refractivity contribution in [1.29, 1.82) is 0 Å². The fourth-order valence-electron chi connectivity index (χ4n) is 1.76. The van der Waals surface area contributed by atoms with Crippen molar-refractivity contribution in [3.8, 4) is 0 Å². The lowest BCUT2D eigenvalue weighted by molar-refractivity contribution is 0.539. The van der Waals surface area contributed by atoms with Crippen molar-refractivity contribution in [2.24, 2.45) is 0 Å². The van der Waals surface area contributed by atoms with Gasteiger partial charge in [0.25, 0.3) is 0 Å². The van der Waals surface area contributed by atoms with E-state index in [-0.39, 0.29) is 6.04 Å². The van der Waals surface area contributed by atoms with Gasteiger partial charge in [0.15, 0.2) is 11.5 Å². The van der Waals surface area contributed by atoms with Crippen molar-refractivity contribution >= 4 is 5.65 Å².